The molecule has 5 heteroatoms. The number of nitrogens with one attached hydrogen (secondary N) is 1. The van der Waals surface area contributed by atoms with Gasteiger partial charge in [-0.15, -0.1) is 12.4 Å². The SMILES string of the molecule is CNCC(O)c1cc(OC)cc(OC)c1.Cl. The van der Waals surface area contributed by atoms with E-state index in [0.717, 1.165) is 5.56 Å². The van der Waals surface area contributed by atoms with Gasteiger partial charge in [0.05, 0.1) is 20.3 Å². The molecule has 0 saturated carbocycles. The number of hydrogen-bond acceptors (Lipinski definition) is 4. The Hall–Kier alpha value is -0.970. The van der Waals surface area contributed by atoms with Crippen molar-refractivity contribution in [1.82, 2.24) is 5.32 Å². The predicted octanol–water partition coefficient (Wildman–Crippen LogP) is 1.38. The first-order chi connectivity index (χ1) is 7.21. The van der Waals surface area contributed by atoms with Gasteiger partial charge in [0.2, 0.25) is 0 Å². The van der Waals surface area contributed by atoms with Crippen LogP contribution in [-0.4, -0.2) is 32.9 Å². The van der Waals surface area contributed by atoms with Crippen molar-refractivity contribution >= 4 is 12.4 Å². The van der Waals surface area contributed by atoms with Crippen LogP contribution in [0.1, 0.15) is 11.7 Å². The van der Waals surface area contributed by atoms with Crippen molar-refractivity contribution in [3.63, 3.8) is 0 Å². The summed E-state index contributed by atoms with van der Waals surface area (Å²) in [6.45, 7) is 0.496. The quantitative estimate of drug-likeness (QED) is 0.826. The summed E-state index contributed by atoms with van der Waals surface area (Å²) in [5.41, 5.74) is 0.778. The Bertz CT molecular complexity index is 298. The second-order valence-electron chi connectivity index (χ2n) is 3.22. The molecule has 1 unspecified atom stereocenters. The van der Waals surface area contributed by atoms with Gasteiger partial charge in [-0.25, -0.2) is 0 Å². The van der Waals surface area contributed by atoms with E-state index in [1.807, 2.05) is 0 Å². The van der Waals surface area contributed by atoms with Crippen molar-refractivity contribution in [2.75, 3.05) is 27.8 Å². The predicted molar refractivity (Wildman–Crippen MR) is 65.7 cm³/mol. The number of hydrogen-bond donors (Lipinski definition) is 2. The summed E-state index contributed by atoms with van der Waals surface area (Å²) in [5, 5.41) is 12.7. The number of ether oxygens (including phenoxy) is 2. The smallest absolute Gasteiger partial charge is 0.122 e. The van der Waals surface area contributed by atoms with Gasteiger partial charge in [0.25, 0.3) is 0 Å². The van der Waals surface area contributed by atoms with Gasteiger partial charge in [-0.05, 0) is 24.7 Å². The highest BCUT2D eigenvalue weighted by Crippen LogP contribution is 2.25. The maximum absolute atomic E-state index is 9.79. The molecule has 0 aromatic heterocycles. The lowest BCUT2D eigenvalue weighted by Gasteiger charge is -2.13. The molecule has 2 N–H and O–H groups in total. The fourth-order valence-electron chi connectivity index (χ4n) is 1.33. The Balaban J connectivity index is 0.00000225. The van der Waals surface area contributed by atoms with Crippen molar-refractivity contribution in [3.8, 4) is 11.5 Å². The van der Waals surface area contributed by atoms with Gasteiger partial charge in [0.15, 0.2) is 0 Å². The Morgan fingerprint density at radius 2 is 1.69 bits per heavy atom. The lowest BCUT2D eigenvalue weighted by atomic mass is 10.1. The molecule has 1 aromatic rings. The monoisotopic (exact) mass is 247 g/mol. The van der Waals surface area contributed by atoms with Gasteiger partial charge >= 0.3 is 0 Å². The molecule has 0 saturated heterocycles. The standard InChI is InChI=1S/C11H17NO3.ClH/c1-12-7-11(13)8-4-9(14-2)6-10(5-8)15-3;/h4-6,11-13H,7H2,1-3H3;1H. The highest BCUT2D eigenvalue weighted by molar-refractivity contribution is 5.85. The summed E-state index contributed by atoms with van der Waals surface area (Å²) in [5.74, 6) is 1.36. The van der Waals surface area contributed by atoms with Crippen LogP contribution in [0.25, 0.3) is 0 Å². The average molecular weight is 248 g/mol. The summed E-state index contributed by atoms with van der Waals surface area (Å²) in [6, 6.07) is 5.37. The minimum absolute atomic E-state index is 0. The molecule has 1 rings (SSSR count). The molecule has 0 aliphatic carbocycles. The van der Waals surface area contributed by atoms with Crippen LogP contribution in [-0.2, 0) is 0 Å². The van der Waals surface area contributed by atoms with Gasteiger partial charge in [0.1, 0.15) is 11.5 Å². The molecule has 0 fully saturated rings. The van der Waals surface area contributed by atoms with Crippen molar-refractivity contribution in [1.29, 1.82) is 0 Å². The highest BCUT2D eigenvalue weighted by Gasteiger charge is 2.09. The first-order valence-corrected chi connectivity index (χ1v) is 4.77. The minimum Gasteiger partial charge on any atom is -0.497 e. The molecule has 92 valence electrons. The third-order valence-electron chi connectivity index (χ3n) is 2.16. The number of aliphatic hydroxyl groups excluding tert-OH is 1. The van der Waals surface area contributed by atoms with E-state index in [9.17, 15) is 5.11 Å². The molecule has 1 atom stereocenters. The first-order valence-electron chi connectivity index (χ1n) is 4.77. The van der Waals surface area contributed by atoms with Crippen LogP contribution in [0.5, 0.6) is 11.5 Å². The average Bonchev–Trinajstić information content (AvgIpc) is 2.28. The number of methoxy groups -OCH3 is 2. The Labute approximate surface area is 102 Å². The van der Waals surface area contributed by atoms with E-state index in [1.54, 1.807) is 39.5 Å². The van der Waals surface area contributed by atoms with Gasteiger partial charge in [-0.1, -0.05) is 0 Å². The first kappa shape index (κ1) is 15.0. The summed E-state index contributed by atoms with van der Waals surface area (Å²) >= 11 is 0. The van der Waals surface area contributed by atoms with Gasteiger partial charge in [-0.2, -0.15) is 0 Å². The molecule has 4 nitrogen and oxygen atoms in total. The van der Waals surface area contributed by atoms with Crippen molar-refractivity contribution < 1.29 is 14.6 Å². The van der Waals surface area contributed by atoms with E-state index in [2.05, 4.69) is 5.32 Å². The Morgan fingerprint density at radius 1 is 1.19 bits per heavy atom. The van der Waals surface area contributed by atoms with E-state index in [-0.39, 0.29) is 12.4 Å². The Kier molecular flexibility index (Phi) is 6.88. The number of halogens is 1. The summed E-state index contributed by atoms with van der Waals surface area (Å²) in [6.07, 6.45) is -0.556. The third kappa shape index (κ3) is 3.89. The third-order valence-corrected chi connectivity index (χ3v) is 2.16. The maximum atomic E-state index is 9.79. The fraction of sp³-hybridized carbons (Fsp3) is 0.455. The molecule has 1 aromatic carbocycles. The van der Waals surface area contributed by atoms with E-state index in [1.165, 1.54) is 0 Å². The Morgan fingerprint density at radius 3 is 2.06 bits per heavy atom. The summed E-state index contributed by atoms with van der Waals surface area (Å²) in [7, 11) is 4.96. The van der Waals surface area contributed by atoms with Crippen molar-refractivity contribution in [2.24, 2.45) is 0 Å². The lowest BCUT2D eigenvalue weighted by molar-refractivity contribution is 0.177. The van der Waals surface area contributed by atoms with Crippen LogP contribution in [0, 0.1) is 0 Å². The number of rotatable bonds is 5. The van der Waals surface area contributed by atoms with Gasteiger partial charge in [0, 0.05) is 12.6 Å². The van der Waals surface area contributed by atoms with Gasteiger partial charge < -0.3 is 19.9 Å². The second kappa shape index (κ2) is 7.33. The van der Waals surface area contributed by atoms with E-state index < -0.39 is 6.10 Å². The van der Waals surface area contributed by atoms with Crippen LogP contribution in [0.15, 0.2) is 18.2 Å². The highest BCUT2D eigenvalue weighted by atomic mass is 35.5. The molecular formula is C11H18ClNO3. The molecule has 0 bridgehead atoms. The number of aliphatic hydroxyl groups is 1. The molecule has 16 heavy (non-hydrogen) atoms. The largest absolute Gasteiger partial charge is 0.497 e. The van der Waals surface area contributed by atoms with Crippen molar-refractivity contribution in [2.45, 2.75) is 6.10 Å². The minimum atomic E-state index is -0.556. The van der Waals surface area contributed by atoms with Gasteiger partial charge in [-0.3, -0.25) is 0 Å². The number of likely N-dealkylation sites (N-methyl/N-ethyl adjacent to an activating group) is 1. The zero-order valence-corrected chi connectivity index (χ0v) is 10.5. The second-order valence-corrected chi connectivity index (χ2v) is 3.22. The molecule has 0 spiro atoms. The molecule has 0 amide bonds. The van der Waals surface area contributed by atoms with Crippen LogP contribution in [0.3, 0.4) is 0 Å². The van der Waals surface area contributed by atoms with E-state index >= 15 is 0 Å². The zero-order chi connectivity index (χ0) is 11.3. The normalized spacial score (nSPS) is 11.5. The van der Waals surface area contributed by atoms with Crippen LogP contribution in [0.4, 0.5) is 0 Å². The maximum Gasteiger partial charge on any atom is 0.122 e. The van der Waals surface area contributed by atoms with Crippen LogP contribution >= 0.6 is 12.4 Å². The summed E-state index contributed by atoms with van der Waals surface area (Å²) in [4.78, 5) is 0. The molecular weight excluding hydrogens is 230 g/mol. The molecule has 0 heterocycles. The molecule has 0 radical (unpaired) electrons. The van der Waals surface area contributed by atoms with E-state index in [4.69, 9.17) is 9.47 Å². The lowest BCUT2D eigenvalue weighted by Crippen LogP contribution is -2.16. The fourth-order valence-corrected chi connectivity index (χ4v) is 1.33. The zero-order valence-electron chi connectivity index (χ0n) is 9.69. The van der Waals surface area contributed by atoms with Crippen LogP contribution in [0.2, 0.25) is 0 Å². The van der Waals surface area contributed by atoms with Crippen LogP contribution < -0.4 is 14.8 Å². The topological polar surface area (TPSA) is 50.7 Å². The van der Waals surface area contributed by atoms with Crippen molar-refractivity contribution in [3.05, 3.63) is 23.8 Å². The number of benzene rings is 1. The molecule has 0 aliphatic heterocycles. The van der Waals surface area contributed by atoms with E-state index in [0.29, 0.717) is 18.0 Å². The summed E-state index contributed by atoms with van der Waals surface area (Å²) < 4.78 is 10.2. The molecule has 0 aliphatic rings.